The number of hydrogen-bond acceptors (Lipinski definition) is 4. The molecule has 0 amide bonds. The monoisotopic (exact) mass is 208 g/mol. The van der Waals surface area contributed by atoms with Gasteiger partial charge in [-0.25, -0.2) is 0 Å². The summed E-state index contributed by atoms with van der Waals surface area (Å²) in [5.74, 6) is 0. The van der Waals surface area contributed by atoms with Gasteiger partial charge in [0, 0.05) is 6.54 Å². The van der Waals surface area contributed by atoms with Gasteiger partial charge in [-0.05, 0) is 13.3 Å². The van der Waals surface area contributed by atoms with Crippen molar-refractivity contribution in [3.05, 3.63) is 0 Å². The number of aliphatic imine (C=N–C) groups is 1. The third kappa shape index (κ3) is 2.33. The Labute approximate surface area is 84.7 Å². The second kappa shape index (κ2) is 4.79. The van der Waals surface area contributed by atoms with Crippen LogP contribution in [0.2, 0.25) is 0 Å². The molecule has 1 rings (SSSR count). The predicted molar refractivity (Wildman–Crippen MR) is 54.2 cm³/mol. The first-order chi connectivity index (χ1) is 5.61. The first-order valence-electron chi connectivity index (χ1n) is 4.28. The maximum absolute atomic E-state index is 9.98. The van der Waals surface area contributed by atoms with Crippen molar-refractivity contribution in [2.75, 3.05) is 13.1 Å². The van der Waals surface area contributed by atoms with E-state index in [2.05, 4.69) is 4.99 Å². The summed E-state index contributed by atoms with van der Waals surface area (Å²) in [7, 11) is 0. The second-order valence-electron chi connectivity index (χ2n) is 3.12. The number of halogens is 1. The van der Waals surface area contributed by atoms with Crippen molar-refractivity contribution in [1.82, 2.24) is 4.90 Å². The van der Waals surface area contributed by atoms with Crippen molar-refractivity contribution in [3.63, 3.8) is 0 Å². The van der Waals surface area contributed by atoms with Crippen molar-refractivity contribution in [1.29, 1.82) is 0 Å². The minimum absolute atomic E-state index is 0. The van der Waals surface area contributed by atoms with Crippen molar-refractivity contribution in [2.45, 2.75) is 32.1 Å². The smallest absolute Gasteiger partial charge is 0.164 e. The van der Waals surface area contributed by atoms with Crippen LogP contribution in [0.5, 0.6) is 0 Å². The van der Waals surface area contributed by atoms with Crippen LogP contribution in [0, 0.1) is 0 Å². The van der Waals surface area contributed by atoms with Crippen LogP contribution in [-0.4, -0.2) is 46.4 Å². The third-order valence-corrected chi connectivity index (χ3v) is 2.38. The van der Waals surface area contributed by atoms with E-state index in [1.54, 1.807) is 18.2 Å². The van der Waals surface area contributed by atoms with Crippen LogP contribution in [0.3, 0.4) is 0 Å². The zero-order chi connectivity index (χ0) is 9.19. The SMILES string of the molecule is CCC(O)(C(C)O)N1C=NCC1.Cl. The molecule has 0 aromatic rings. The van der Waals surface area contributed by atoms with Crippen molar-refractivity contribution in [2.24, 2.45) is 4.99 Å². The number of aliphatic hydroxyl groups is 2. The Morgan fingerprint density at radius 1 is 1.69 bits per heavy atom. The van der Waals surface area contributed by atoms with Crippen LogP contribution >= 0.6 is 12.4 Å². The fraction of sp³-hybridized carbons (Fsp3) is 0.875. The molecule has 0 aromatic carbocycles. The van der Waals surface area contributed by atoms with E-state index in [1.165, 1.54) is 0 Å². The van der Waals surface area contributed by atoms with Gasteiger partial charge in [0.15, 0.2) is 5.72 Å². The molecule has 0 spiro atoms. The lowest BCUT2D eigenvalue weighted by atomic mass is 10.0. The maximum atomic E-state index is 9.98. The zero-order valence-corrected chi connectivity index (χ0v) is 8.79. The van der Waals surface area contributed by atoms with Gasteiger partial charge in [0.05, 0.1) is 19.0 Å². The lowest BCUT2D eigenvalue weighted by molar-refractivity contribution is -0.142. The van der Waals surface area contributed by atoms with E-state index in [1.807, 2.05) is 6.92 Å². The lowest BCUT2D eigenvalue weighted by Crippen LogP contribution is -2.54. The molecular weight excluding hydrogens is 192 g/mol. The van der Waals surface area contributed by atoms with Gasteiger partial charge < -0.3 is 15.1 Å². The molecule has 4 nitrogen and oxygen atoms in total. The highest BCUT2D eigenvalue weighted by Gasteiger charge is 2.37. The standard InChI is InChI=1S/C8H16N2O2.ClH/c1-3-8(12,7(2)11)10-5-4-9-6-10;/h6-7,11-12H,3-5H2,1-2H3;1H. The minimum Gasteiger partial charge on any atom is -0.388 e. The van der Waals surface area contributed by atoms with Crippen LogP contribution in [0.1, 0.15) is 20.3 Å². The molecule has 1 aliphatic rings. The van der Waals surface area contributed by atoms with Gasteiger partial charge in [0.2, 0.25) is 0 Å². The molecule has 0 saturated carbocycles. The van der Waals surface area contributed by atoms with Gasteiger partial charge in [0.25, 0.3) is 0 Å². The molecule has 0 aliphatic carbocycles. The highest BCUT2D eigenvalue weighted by Crippen LogP contribution is 2.20. The quantitative estimate of drug-likeness (QED) is 0.699. The molecule has 0 radical (unpaired) electrons. The molecule has 2 atom stereocenters. The number of hydrogen-bond donors (Lipinski definition) is 2. The summed E-state index contributed by atoms with van der Waals surface area (Å²) in [5.41, 5.74) is -1.14. The molecule has 1 aliphatic heterocycles. The van der Waals surface area contributed by atoms with E-state index in [9.17, 15) is 10.2 Å². The highest BCUT2D eigenvalue weighted by molar-refractivity contribution is 5.85. The molecule has 0 fully saturated rings. The topological polar surface area (TPSA) is 56.1 Å². The Morgan fingerprint density at radius 3 is 2.62 bits per heavy atom. The first-order valence-corrected chi connectivity index (χ1v) is 4.28. The van der Waals surface area contributed by atoms with E-state index in [0.29, 0.717) is 19.5 Å². The molecule has 0 bridgehead atoms. The van der Waals surface area contributed by atoms with E-state index in [-0.39, 0.29) is 12.4 Å². The molecule has 78 valence electrons. The average Bonchev–Trinajstić information content (AvgIpc) is 2.54. The Kier molecular flexibility index (Phi) is 4.67. The Bertz CT molecular complexity index is 187. The Morgan fingerprint density at radius 2 is 2.31 bits per heavy atom. The normalized spacial score (nSPS) is 22.3. The zero-order valence-electron chi connectivity index (χ0n) is 7.97. The highest BCUT2D eigenvalue weighted by atomic mass is 35.5. The van der Waals surface area contributed by atoms with E-state index in [4.69, 9.17) is 0 Å². The van der Waals surface area contributed by atoms with Gasteiger partial charge in [-0.2, -0.15) is 0 Å². The molecule has 0 aromatic heterocycles. The minimum atomic E-state index is -1.14. The van der Waals surface area contributed by atoms with Gasteiger partial charge >= 0.3 is 0 Å². The number of nitrogens with zero attached hydrogens (tertiary/aromatic N) is 2. The van der Waals surface area contributed by atoms with E-state index in [0.717, 1.165) is 0 Å². The van der Waals surface area contributed by atoms with Gasteiger partial charge in [0.1, 0.15) is 0 Å². The Balaban J connectivity index is 0.00000144. The molecule has 2 N–H and O–H groups in total. The number of aliphatic hydroxyl groups excluding tert-OH is 1. The van der Waals surface area contributed by atoms with Gasteiger partial charge in [-0.3, -0.25) is 4.99 Å². The summed E-state index contributed by atoms with van der Waals surface area (Å²) in [4.78, 5) is 5.68. The predicted octanol–water partition coefficient (Wildman–Crippen LogP) is 0.231. The molecule has 0 saturated heterocycles. The van der Waals surface area contributed by atoms with Crippen LogP contribution in [0.25, 0.3) is 0 Å². The van der Waals surface area contributed by atoms with Crippen LogP contribution < -0.4 is 0 Å². The molecule has 13 heavy (non-hydrogen) atoms. The van der Waals surface area contributed by atoms with Crippen LogP contribution in [0.15, 0.2) is 4.99 Å². The van der Waals surface area contributed by atoms with Crippen molar-refractivity contribution >= 4 is 18.7 Å². The summed E-state index contributed by atoms with van der Waals surface area (Å²) in [6, 6.07) is 0. The lowest BCUT2D eigenvalue weighted by Gasteiger charge is -2.38. The van der Waals surface area contributed by atoms with E-state index < -0.39 is 11.8 Å². The largest absolute Gasteiger partial charge is 0.388 e. The first kappa shape index (κ1) is 12.7. The Hall–Kier alpha value is -0.320. The molecule has 1 heterocycles. The summed E-state index contributed by atoms with van der Waals surface area (Å²) in [5, 5.41) is 19.4. The van der Waals surface area contributed by atoms with Gasteiger partial charge in [-0.15, -0.1) is 12.4 Å². The third-order valence-electron chi connectivity index (χ3n) is 2.38. The maximum Gasteiger partial charge on any atom is 0.164 e. The van der Waals surface area contributed by atoms with Crippen LogP contribution in [-0.2, 0) is 0 Å². The summed E-state index contributed by atoms with van der Waals surface area (Å²) >= 11 is 0. The van der Waals surface area contributed by atoms with Crippen molar-refractivity contribution < 1.29 is 10.2 Å². The molecule has 2 unspecified atom stereocenters. The second-order valence-corrected chi connectivity index (χ2v) is 3.12. The van der Waals surface area contributed by atoms with E-state index >= 15 is 0 Å². The molecule has 5 heteroatoms. The van der Waals surface area contributed by atoms with Crippen molar-refractivity contribution in [3.8, 4) is 0 Å². The van der Waals surface area contributed by atoms with Crippen LogP contribution in [0.4, 0.5) is 0 Å². The fourth-order valence-electron chi connectivity index (χ4n) is 1.41. The number of rotatable bonds is 3. The summed E-state index contributed by atoms with van der Waals surface area (Å²) in [6.07, 6.45) is 1.35. The average molecular weight is 209 g/mol. The molecular formula is C8H17ClN2O2. The summed E-state index contributed by atoms with van der Waals surface area (Å²) in [6.45, 7) is 4.83. The summed E-state index contributed by atoms with van der Waals surface area (Å²) < 4.78 is 0. The van der Waals surface area contributed by atoms with Gasteiger partial charge in [-0.1, -0.05) is 6.92 Å². The fourth-order valence-corrected chi connectivity index (χ4v) is 1.41.